The fraction of sp³-hybridized carbons (Fsp3) is 0.121. The van der Waals surface area contributed by atoms with Crippen molar-refractivity contribution in [3.8, 4) is 11.5 Å². The van der Waals surface area contributed by atoms with E-state index in [-0.39, 0.29) is 11.7 Å². The topological polar surface area (TPSA) is 38.8 Å². The summed E-state index contributed by atoms with van der Waals surface area (Å²) in [6.07, 6.45) is 4.89. The molecule has 0 amide bonds. The minimum Gasteiger partial charge on any atom is -0.497 e. The van der Waals surface area contributed by atoms with Gasteiger partial charge < -0.3 is 14.4 Å². The Morgan fingerprint density at radius 3 is 1.81 bits per heavy atom. The third-order valence-electron chi connectivity index (χ3n) is 7.21. The van der Waals surface area contributed by atoms with Gasteiger partial charge in [-0.3, -0.25) is 4.79 Å². The minimum absolute atomic E-state index is 0.198. The number of nitrogens with zero attached hydrogens (tertiary/aromatic N) is 1. The van der Waals surface area contributed by atoms with Gasteiger partial charge in [0.2, 0.25) is 0 Å². The summed E-state index contributed by atoms with van der Waals surface area (Å²) in [6, 6.07) is 32.6. The second kappa shape index (κ2) is 9.47. The van der Waals surface area contributed by atoms with Gasteiger partial charge in [0.1, 0.15) is 11.5 Å². The van der Waals surface area contributed by atoms with Crippen LogP contribution in [0.2, 0.25) is 0 Å². The van der Waals surface area contributed by atoms with Gasteiger partial charge in [0.05, 0.1) is 20.1 Å². The van der Waals surface area contributed by atoms with Crippen molar-refractivity contribution in [2.75, 3.05) is 19.1 Å². The molecule has 1 atom stereocenters. The number of allylic oxidation sites excluding steroid dienone is 4. The minimum atomic E-state index is -0.266. The summed E-state index contributed by atoms with van der Waals surface area (Å²) in [5.41, 5.74) is 8.43. The van der Waals surface area contributed by atoms with E-state index in [0.717, 1.165) is 45.3 Å². The van der Waals surface area contributed by atoms with Crippen LogP contribution < -0.4 is 14.4 Å². The van der Waals surface area contributed by atoms with Gasteiger partial charge in [-0.2, -0.15) is 0 Å². The van der Waals surface area contributed by atoms with E-state index >= 15 is 0 Å². The number of ketones is 1. The van der Waals surface area contributed by atoms with Gasteiger partial charge in [-0.1, -0.05) is 48.6 Å². The van der Waals surface area contributed by atoms with Gasteiger partial charge in [-0.25, -0.2) is 0 Å². The van der Waals surface area contributed by atoms with Crippen molar-refractivity contribution in [2.45, 2.75) is 12.3 Å². The van der Waals surface area contributed by atoms with Gasteiger partial charge in [-0.15, -0.1) is 0 Å². The first-order valence-corrected chi connectivity index (χ1v) is 12.4. The molecular weight excluding hydrogens is 458 g/mol. The Morgan fingerprint density at radius 1 is 0.703 bits per heavy atom. The van der Waals surface area contributed by atoms with Crippen LogP contribution in [0.4, 0.5) is 17.1 Å². The maximum absolute atomic E-state index is 13.5. The lowest BCUT2D eigenvalue weighted by atomic mass is 9.84. The number of hydrogen-bond donors (Lipinski definition) is 0. The molecule has 0 radical (unpaired) electrons. The molecule has 4 aromatic rings. The molecule has 4 aromatic carbocycles. The molecular formula is C33H27NO3. The van der Waals surface area contributed by atoms with E-state index in [4.69, 9.17) is 9.47 Å². The Hall–Kier alpha value is -4.57. The van der Waals surface area contributed by atoms with Crippen LogP contribution in [0.25, 0.3) is 5.57 Å². The number of methoxy groups -OCH3 is 2. The zero-order chi connectivity index (χ0) is 25.4. The van der Waals surface area contributed by atoms with Crippen molar-refractivity contribution in [1.29, 1.82) is 0 Å². The van der Waals surface area contributed by atoms with Crippen molar-refractivity contribution in [3.05, 3.63) is 131 Å². The summed E-state index contributed by atoms with van der Waals surface area (Å²) in [5, 5.41) is 0. The van der Waals surface area contributed by atoms with Crippen LogP contribution in [0.1, 0.15) is 22.6 Å². The molecule has 0 bridgehead atoms. The lowest BCUT2D eigenvalue weighted by Gasteiger charge is -2.26. The predicted molar refractivity (Wildman–Crippen MR) is 148 cm³/mol. The van der Waals surface area contributed by atoms with E-state index in [9.17, 15) is 4.79 Å². The van der Waals surface area contributed by atoms with Crippen LogP contribution >= 0.6 is 0 Å². The molecule has 0 spiro atoms. The molecule has 182 valence electrons. The van der Waals surface area contributed by atoms with E-state index < -0.39 is 0 Å². The molecule has 0 heterocycles. The number of carbonyl (C=O) groups is 1. The van der Waals surface area contributed by atoms with Crippen LogP contribution in [0.15, 0.2) is 115 Å². The Kier molecular flexibility index (Phi) is 5.85. The normalized spacial score (nSPS) is 15.8. The fourth-order valence-electron chi connectivity index (χ4n) is 5.27. The molecule has 1 unspecified atom stereocenters. The highest BCUT2D eigenvalue weighted by molar-refractivity contribution is 6.13. The molecule has 0 N–H and O–H groups in total. The monoisotopic (exact) mass is 485 g/mol. The van der Waals surface area contributed by atoms with E-state index in [1.54, 1.807) is 14.2 Å². The van der Waals surface area contributed by atoms with Crippen molar-refractivity contribution in [3.63, 3.8) is 0 Å². The van der Waals surface area contributed by atoms with Gasteiger partial charge in [0.15, 0.2) is 5.78 Å². The predicted octanol–water partition coefficient (Wildman–Crippen LogP) is 7.41. The summed E-state index contributed by atoms with van der Waals surface area (Å²) in [4.78, 5) is 15.7. The summed E-state index contributed by atoms with van der Waals surface area (Å²) < 4.78 is 10.7. The number of hydrogen-bond acceptors (Lipinski definition) is 4. The van der Waals surface area contributed by atoms with Crippen molar-refractivity contribution < 1.29 is 14.3 Å². The molecule has 0 aromatic heterocycles. The number of Topliss-reactive ketones (excluding diaryl/α,β-unsaturated/α-hetero) is 1. The first kappa shape index (κ1) is 22.9. The Morgan fingerprint density at radius 2 is 1.24 bits per heavy atom. The third-order valence-corrected chi connectivity index (χ3v) is 7.21. The van der Waals surface area contributed by atoms with Gasteiger partial charge in [-0.05, 0) is 82.9 Å². The summed E-state index contributed by atoms with van der Waals surface area (Å²) in [5.74, 6) is 1.54. The van der Waals surface area contributed by atoms with E-state index in [1.165, 1.54) is 11.1 Å². The number of benzene rings is 4. The molecule has 4 heteroatoms. The molecule has 4 nitrogen and oxygen atoms in total. The number of rotatable bonds is 6. The fourth-order valence-corrected chi connectivity index (χ4v) is 5.27. The zero-order valence-corrected chi connectivity index (χ0v) is 20.8. The lowest BCUT2D eigenvalue weighted by molar-refractivity contribution is -0.116. The molecule has 6 rings (SSSR count). The summed E-state index contributed by atoms with van der Waals surface area (Å²) >= 11 is 0. The third kappa shape index (κ3) is 4.11. The van der Waals surface area contributed by atoms with E-state index in [0.29, 0.717) is 6.42 Å². The summed E-state index contributed by atoms with van der Waals surface area (Å²) in [7, 11) is 3.33. The average Bonchev–Trinajstić information content (AvgIpc) is 3.34. The molecule has 2 aliphatic rings. The maximum atomic E-state index is 13.5. The Balaban J connectivity index is 1.31. The second-order valence-electron chi connectivity index (χ2n) is 9.25. The molecule has 0 aliphatic heterocycles. The van der Waals surface area contributed by atoms with E-state index in [1.807, 2.05) is 66.7 Å². The average molecular weight is 486 g/mol. The Bertz CT molecular complexity index is 1470. The van der Waals surface area contributed by atoms with Crippen LogP contribution in [0.5, 0.6) is 11.5 Å². The lowest BCUT2D eigenvalue weighted by Crippen LogP contribution is -2.17. The molecule has 37 heavy (non-hydrogen) atoms. The smallest absolute Gasteiger partial charge is 0.171 e. The van der Waals surface area contributed by atoms with Crippen molar-refractivity contribution in [1.82, 2.24) is 0 Å². The highest BCUT2D eigenvalue weighted by atomic mass is 16.5. The van der Waals surface area contributed by atoms with Gasteiger partial charge >= 0.3 is 0 Å². The van der Waals surface area contributed by atoms with Crippen LogP contribution in [-0.2, 0) is 11.2 Å². The second-order valence-corrected chi connectivity index (χ2v) is 9.25. The molecule has 0 fully saturated rings. The van der Waals surface area contributed by atoms with Crippen LogP contribution in [0.3, 0.4) is 0 Å². The SMILES string of the molecule is COc1ccc(N(c2ccc(OC)cc2)c2ccc(C3C=CC4=C(Cc5ccccc54)C3=O)cc2)cc1. The number of carbonyl (C=O) groups excluding carboxylic acids is 1. The maximum Gasteiger partial charge on any atom is 0.171 e. The first-order chi connectivity index (χ1) is 18.2. The molecule has 0 saturated carbocycles. The van der Waals surface area contributed by atoms with Crippen molar-refractivity contribution in [2.24, 2.45) is 0 Å². The van der Waals surface area contributed by atoms with Crippen molar-refractivity contribution >= 4 is 28.4 Å². The largest absolute Gasteiger partial charge is 0.497 e. The number of ether oxygens (including phenoxy) is 2. The summed E-state index contributed by atoms with van der Waals surface area (Å²) in [6.45, 7) is 0. The first-order valence-electron chi connectivity index (χ1n) is 12.4. The molecule has 2 aliphatic carbocycles. The van der Waals surface area contributed by atoms with Gasteiger partial charge in [0.25, 0.3) is 0 Å². The quantitative estimate of drug-likeness (QED) is 0.285. The standard InChI is InChI=1S/C33H27NO3/c1-36-27-15-11-25(12-16-27)34(26-13-17-28(37-2)18-14-26)24-9-7-22(8-10-24)30-19-20-31-29-6-4-3-5-23(29)21-32(31)33(30)35/h3-20,30H,21H2,1-2H3. The highest BCUT2D eigenvalue weighted by Gasteiger charge is 2.32. The molecule has 0 saturated heterocycles. The van der Waals surface area contributed by atoms with Gasteiger partial charge in [0, 0.05) is 29.1 Å². The zero-order valence-electron chi connectivity index (χ0n) is 20.8. The number of anilines is 3. The van der Waals surface area contributed by atoms with Crippen LogP contribution in [-0.4, -0.2) is 20.0 Å². The highest BCUT2D eigenvalue weighted by Crippen LogP contribution is 2.42. The van der Waals surface area contributed by atoms with E-state index in [2.05, 4.69) is 47.4 Å². The number of fused-ring (bicyclic) bond motifs is 2. The Labute approximate surface area is 217 Å². The van der Waals surface area contributed by atoms with Crippen LogP contribution in [0, 0.1) is 0 Å².